The van der Waals surface area contributed by atoms with Crippen molar-refractivity contribution in [2.24, 2.45) is 5.10 Å². The molecule has 0 aliphatic heterocycles. The van der Waals surface area contributed by atoms with Crippen LogP contribution in [-0.4, -0.2) is 25.1 Å². The third kappa shape index (κ3) is 4.95. The van der Waals surface area contributed by atoms with Gasteiger partial charge in [-0.15, -0.1) is 0 Å². The number of hydrogen-bond acceptors (Lipinski definition) is 4. The van der Waals surface area contributed by atoms with Crippen molar-refractivity contribution < 1.29 is 14.3 Å². The normalized spacial score (nSPS) is 10.4. The Balaban J connectivity index is 1.88. The Morgan fingerprint density at radius 1 is 1.12 bits per heavy atom. The Morgan fingerprint density at radius 3 is 2.54 bits per heavy atom. The van der Waals surface area contributed by atoms with Crippen LogP contribution in [0.2, 0.25) is 0 Å². The second-order valence-corrected chi connectivity index (χ2v) is 4.98. The molecule has 2 aromatic carbocycles. The van der Waals surface area contributed by atoms with Gasteiger partial charge in [0.2, 0.25) is 0 Å². The molecule has 0 saturated heterocycles. The van der Waals surface area contributed by atoms with Gasteiger partial charge in [-0.25, -0.2) is 5.43 Å². The van der Waals surface area contributed by atoms with Crippen LogP contribution in [0.1, 0.15) is 18.1 Å². The molecule has 0 aliphatic carbocycles. The predicted octanol–water partition coefficient (Wildman–Crippen LogP) is 2.35. The zero-order valence-electron chi connectivity index (χ0n) is 13.6. The van der Waals surface area contributed by atoms with Crippen LogP contribution in [0.25, 0.3) is 0 Å². The number of carbonyl (C=O) groups is 2. The van der Waals surface area contributed by atoms with Gasteiger partial charge in [0.25, 0.3) is 0 Å². The van der Waals surface area contributed by atoms with E-state index in [0.717, 1.165) is 12.0 Å². The minimum absolute atomic E-state index is 0.466. The number of rotatable bonds is 5. The molecule has 0 unspecified atom stereocenters. The third-order valence-corrected chi connectivity index (χ3v) is 3.30. The van der Waals surface area contributed by atoms with Gasteiger partial charge in [0.05, 0.1) is 13.3 Å². The number of amides is 2. The molecule has 0 bridgehead atoms. The van der Waals surface area contributed by atoms with E-state index in [2.05, 4.69) is 22.8 Å². The number of anilines is 1. The Morgan fingerprint density at radius 2 is 1.88 bits per heavy atom. The summed E-state index contributed by atoms with van der Waals surface area (Å²) in [6.45, 7) is 2.07. The minimum Gasteiger partial charge on any atom is -0.497 e. The van der Waals surface area contributed by atoms with Gasteiger partial charge in [-0.3, -0.25) is 9.59 Å². The summed E-state index contributed by atoms with van der Waals surface area (Å²) in [6.07, 6.45) is 2.44. The number of hydrogen-bond donors (Lipinski definition) is 2. The number of aryl methyl sites for hydroxylation is 1. The minimum atomic E-state index is -0.848. The molecule has 0 saturated carbocycles. The highest BCUT2D eigenvalue weighted by atomic mass is 16.5. The average Bonchev–Trinajstić information content (AvgIpc) is 2.62. The molecule has 2 rings (SSSR count). The highest BCUT2D eigenvalue weighted by molar-refractivity contribution is 6.39. The Bertz CT molecular complexity index is 739. The summed E-state index contributed by atoms with van der Waals surface area (Å²) in [7, 11) is 1.52. The molecule has 0 aliphatic rings. The zero-order valence-corrected chi connectivity index (χ0v) is 13.6. The first-order chi connectivity index (χ1) is 11.6. The molecule has 0 aromatic heterocycles. The molecular weight excluding hydrogens is 306 g/mol. The number of benzene rings is 2. The van der Waals surface area contributed by atoms with Crippen molar-refractivity contribution in [2.75, 3.05) is 12.4 Å². The predicted molar refractivity (Wildman–Crippen MR) is 93.2 cm³/mol. The summed E-state index contributed by atoms with van der Waals surface area (Å²) < 4.78 is 5.05. The SMILES string of the molecule is CCc1ccc(/C=N/NC(=O)C(=O)Nc2cccc(OC)c2)cc1. The Kier molecular flexibility index (Phi) is 6.08. The molecule has 124 valence electrons. The van der Waals surface area contributed by atoms with Crippen LogP contribution in [0, 0.1) is 0 Å². The van der Waals surface area contributed by atoms with Crippen LogP contribution in [-0.2, 0) is 16.0 Å². The van der Waals surface area contributed by atoms with Gasteiger partial charge in [0, 0.05) is 11.8 Å². The number of nitrogens with zero attached hydrogens (tertiary/aromatic N) is 1. The summed E-state index contributed by atoms with van der Waals surface area (Å²) in [5.74, 6) is -1.07. The molecule has 0 spiro atoms. The van der Waals surface area contributed by atoms with Crippen molar-refractivity contribution in [3.05, 3.63) is 59.7 Å². The van der Waals surface area contributed by atoms with E-state index in [4.69, 9.17) is 4.74 Å². The van der Waals surface area contributed by atoms with Crippen LogP contribution >= 0.6 is 0 Å². The van der Waals surface area contributed by atoms with Crippen molar-refractivity contribution in [3.8, 4) is 5.75 Å². The highest BCUT2D eigenvalue weighted by Crippen LogP contribution is 2.16. The number of methoxy groups -OCH3 is 1. The number of carbonyl (C=O) groups excluding carboxylic acids is 2. The van der Waals surface area contributed by atoms with Gasteiger partial charge in [-0.2, -0.15) is 5.10 Å². The number of hydrazone groups is 1. The third-order valence-electron chi connectivity index (χ3n) is 3.30. The first-order valence-corrected chi connectivity index (χ1v) is 7.49. The van der Waals surface area contributed by atoms with Crippen LogP contribution in [0.5, 0.6) is 5.75 Å². The first kappa shape index (κ1) is 17.2. The Hall–Kier alpha value is -3.15. The van der Waals surface area contributed by atoms with Crippen molar-refractivity contribution in [1.29, 1.82) is 0 Å². The maximum atomic E-state index is 11.8. The van der Waals surface area contributed by atoms with Crippen molar-refractivity contribution in [3.63, 3.8) is 0 Å². The average molecular weight is 325 g/mol. The van der Waals surface area contributed by atoms with Crippen LogP contribution in [0.15, 0.2) is 53.6 Å². The standard InChI is InChI=1S/C18H19N3O3/c1-3-13-7-9-14(10-8-13)12-19-21-18(23)17(22)20-15-5-4-6-16(11-15)24-2/h4-12H,3H2,1-2H3,(H,20,22)(H,21,23)/b19-12+. The molecule has 0 atom stereocenters. The Labute approximate surface area is 140 Å². The molecule has 0 fully saturated rings. The molecule has 2 amide bonds. The van der Waals surface area contributed by atoms with E-state index < -0.39 is 11.8 Å². The highest BCUT2D eigenvalue weighted by Gasteiger charge is 2.12. The molecule has 0 heterocycles. The van der Waals surface area contributed by atoms with Crippen LogP contribution in [0.4, 0.5) is 5.69 Å². The fourth-order valence-electron chi connectivity index (χ4n) is 1.94. The van der Waals surface area contributed by atoms with E-state index in [-0.39, 0.29) is 0 Å². The lowest BCUT2D eigenvalue weighted by Crippen LogP contribution is -2.32. The van der Waals surface area contributed by atoms with E-state index in [0.29, 0.717) is 11.4 Å². The lowest BCUT2D eigenvalue weighted by atomic mass is 10.1. The number of ether oxygens (including phenoxy) is 1. The molecule has 6 nitrogen and oxygen atoms in total. The quantitative estimate of drug-likeness (QED) is 0.503. The van der Waals surface area contributed by atoms with Crippen LogP contribution < -0.4 is 15.5 Å². The second-order valence-electron chi connectivity index (χ2n) is 4.98. The molecule has 24 heavy (non-hydrogen) atoms. The van der Waals surface area contributed by atoms with Gasteiger partial charge in [-0.05, 0) is 29.7 Å². The first-order valence-electron chi connectivity index (χ1n) is 7.49. The lowest BCUT2D eigenvalue weighted by molar-refractivity contribution is -0.136. The van der Waals surface area contributed by atoms with Gasteiger partial charge >= 0.3 is 11.8 Å². The van der Waals surface area contributed by atoms with Crippen LogP contribution in [0.3, 0.4) is 0 Å². The van der Waals surface area contributed by atoms with E-state index in [9.17, 15) is 9.59 Å². The topological polar surface area (TPSA) is 79.8 Å². The van der Waals surface area contributed by atoms with Crippen molar-refractivity contribution >= 4 is 23.7 Å². The van der Waals surface area contributed by atoms with E-state index in [1.54, 1.807) is 24.3 Å². The van der Waals surface area contributed by atoms with E-state index in [1.807, 2.05) is 24.3 Å². The molecule has 2 N–H and O–H groups in total. The lowest BCUT2D eigenvalue weighted by Gasteiger charge is -2.05. The van der Waals surface area contributed by atoms with Gasteiger partial charge in [-0.1, -0.05) is 37.3 Å². The van der Waals surface area contributed by atoms with Crippen molar-refractivity contribution in [1.82, 2.24) is 5.43 Å². The summed E-state index contributed by atoms with van der Waals surface area (Å²) in [5, 5.41) is 6.26. The fourth-order valence-corrected chi connectivity index (χ4v) is 1.94. The van der Waals surface area contributed by atoms with Crippen molar-refractivity contribution in [2.45, 2.75) is 13.3 Å². The smallest absolute Gasteiger partial charge is 0.329 e. The van der Waals surface area contributed by atoms with Gasteiger partial charge in [0.1, 0.15) is 5.75 Å². The summed E-state index contributed by atoms with van der Waals surface area (Å²) in [6, 6.07) is 14.5. The second kappa shape index (κ2) is 8.47. The maximum Gasteiger partial charge on any atom is 0.329 e. The summed E-state index contributed by atoms with van der Waals surface area (Å²) in [5.41, 5.74) is 4.71. The molecule has 0 radical (unpaired) electrons. The zero-order chi connectivity index (χ0) is 17.4. The maximum absolute atomic E-state index is 11.8. The van der Waals surface area contributed by atoms with Gasteiger partial charge < -0.3 is 10.1 Å². The molecule has 2 aromatic rings. The molecular formula is C18H19N3O3. The van der Waals surface area contributed by atoms with E-state index >= 15 is 0 Å². The summed E-state index contributed by atoms with van der Waals surface area (Å²) >= 11 is 0. The fraction of sp³-hybridized carbons (Fsp3) is 0.167. The molecule has 6 heteroatoms. The van der Waals surface area contributed by atoms with E-state index in [1.165, 1.54) is 18.9 Å². The van der Waals surface area contributed by atoms with Gasteiger partial charge in [0.15, 0.2) is 0 Å². The number of nitrogens with one attached hydrogen (secondary N) is 2. The monoisotopic (exact) mass is 325 g/mol. The largest absolute Gasteiger partial charge is 0.497 e. The summed E-state index contributed by atoms with van der Waals surface area (Å²) in [4.78, 5) is 23.5.